The van der Waals surface area contributed by atoms with E-state index < -0.39 is 0 Å². The van der Waals surface area contributed by atoms with E-state index in [1.54, 1.807) is 0 Å². The lowest BCUT2D eigenvalue weighted by Gasteiger charge is -2.30. The number of anilines is 3. The standard InChI is InChI=1S/C62H43N3S/c1-62(2)49-35-38(41-24-15-27-53-60(41)47-22-10-13-26-52(47)64(53)39-17-5-4-6-18-39)31-33-46(49)59-45-21-8-7-20-43(45)56(37-50(59)62)65(54-28-16-30-58-61(54)48-23-11-14-29-57(48)66-58)40-32-34-44-42-19-9-12-25-51(42)63(3)55(44)36-40/h4-37H,1-3H3. The summed E-state index contributed by atoms with van der Waals surface area (Å²) in [5.41, 5.74) is 17.1. The van der Waals surface area contributed by atoms with Crippen LogP contribution in [0.5, 0.6) is 0 Å². The summed E-state index contributed by atoms with van der Waals surface area (Å²) < 4.78 is 7.36. The number of hydrogen-bond acceptors (Lipinski definition) is 2. The highest BCUT2D eigenvalue weighted by Crippen LogP contribution is 2.56. The molecule has 1 aliphatic carbocycles. The van der Waals surface area contributed by atoms with Crippen molar-refractivity contribution in [3.05, 3.63) is 217 Å². The maximum atomic E-state index is 2.56. The first-order valence-corrected chi connectivity index (χ1v) is 23.7. The lowest BCUT2D eigenvalue weighted by Crippen LogP contribution is -2.17. The highest BCUT2D eigenvalue weighted by molar-refractivity contribution is 7.26. The number of benzene rings is 10. The van der Waals surface area contributed by atoms with E-state index in [-0.39, 0.29) is 5.41 Å². The summed E-state index contributed by atoms with van der Waals surface area (Å²) in [7, 11) is 2.20. The van der Waals surface area contributed by atoms with Crippen molar-refractivity contribution < 1.29 is 0 Å². The molecule has 0 spiro atoms. The molecule has 3 aromatic heterocycles. The molecule has 0 fully saturated rings. The van der Waals surface area contributed by atoms with Crippen LogP contribution in [0.25, 0.3) is 102 Å². The minimum absolute atomic E-state index is 0.294. The van der Waals surface area contributed by atoms with E-state index in [0.29, 0.717) is 0 Å². The van der Waals surface area contributed by atoms with Gasteiger partial charge in [-0.3, -0.25) is 0 Å². The highest BCUT2D eigenvalue weighted by Gasteiger charge is 2.38. The summed E-state index contributed by atoms with van der Waals surface area (Å²) in [5, 5.41) is 10.2. The van der Waals surface area contributed by atoms with Crippen molar-refractivity contribution in [1.29, 1.82) is 0 Å². The molecule has 13 aromatic rings. The summed E-state index contributed by atoms with van der Waals surface area (Å²) >= 11 is 1.88. The Labute approximate surface area is 386 Å². The Bertz CT molecular complexity index is 4160. The second kappa shape index (κ2) is 13.8. The van der Waals surface area contributed by atoms with Crippen LogP contribution in [0, 0.1) is 0 Å². The third-order valence-corrected chi connectivity index (χ3v) is 15.8. The van der Waals surface area contributed by atoms with E-state index in [9.17, 15) is 0 Å². The topological polar surface area (TPSA) is 13.1 Å². The van der Waals surface area contributed by atoms with Crippen molar-refractivity contribution in [1.82, 2.24) is 9.13 Å². The fourth-order valence-corrected chi connectivity index (χ4v) is 12.8. The fraction of sp³-hybridized carbons (Fsp3) is 0.0645. The molecule has 0 bridgehead atoms. The maximum Gasteiger partial charge on any atom is 0.0555 e. The molecule has 0 unspecified atom stereocenters. The third kappa shape index (κ3) is 5.13. The Hall–Kier alpha value is -7.92. The van der Waals surface area contributed by atoms with Crippen LogP contribution in [0.2, 0.25) is 0 Å². The van der Waals surface area contributed by atoms with E-state index >= 15 is 0 Å². The predicted octanol–water partition coefficient (Wildman–Crippen LogP) is 17.4. The molecule has 0 aliphatic heterocycles. The molecule has 0 N–H and O–H groups in total. The SMILES string of the molecule is Cn1c2ccccc2c2ccc(N(c3cc4c(c5ccccc35)-c3ccc(-c5cccc6c5c5ccccc5n6-c5ccccc5)cc3C4(C)C)c3cccc4sc5ccccc5c34)cc21. The van der Waals surface area contributed by atoms with E-state index in [4.69, 9.17) is 0 Å². The Morgan fingerprint density at radius 3 is 1.94 bits per heavy atom. The van der Waals surface area contributed by atoms with Gasteiger partial charge in [-0.25, -0.2) is 0 Å². The summed E-state index contributed by atoms with van der Waals surface area (Å²) in [5.74, 6) is 0. The number of aromatic nitrogens is 2. The number of aryl methyl sites for hydroxylation is 1. The van der Waals surface area contributed by atoms with Crippen LogP contribution in [0.4, 0.5) is 17.1 Å². The molecule has 0 saturated heterocycles. The van der Waals surface area contributed by atoms with Crippen LogP contribution in [-0.4, -0.2) is 9.13 Å². The minimum Gasteiger partial charge on any atom is -0.344 e. The molecule has 0 radical (unpaired) electrons. The number of hydrogen-bond donors (Lipinski definition) is 0. The van der Waals surface area contributed by atoms with Crippen LogP contribution in [0.1, 0.15) is 25.0 Å². The van der Waals surface area contributed by atoms with Gasteiger partial charge in [0.15, 0.2) is 0 Å². The van der Waals surface area contributed by atoms with Crippen LogP contribution >= 0.6 is 11.3 Å². The van der Waals surface area contributed by atoms with Crippen LogP contribution in [0.15, 0.2) is 206 Å². The minimum atomic E-state index is -0.294. The van der Waals surface area contributed by atoms with Gasteiger partial charge in [0.2, 0.25) is 0 Å². The van der Waals surface area contributed by atoms with E-state index in [0.717, 1.165) is 5.69 Å². The lowest BCUT2D eigenvalue weighted by atomic mass is 9.80. The first-order chi connectivity index (χ1) is 32.4. The number of rotatable bonds is 5. The Kier molecular flexibility index (Phi) is 7.83. The zero-order chi connectivity index (χ0) is 43.8. The lowest BCUT2D eigenvalue weighted by molar-refractivity contribution is 0.661. The molecule has 0 atom stereocenters. The number of nitrogens with zero attached hydrogens (tertiary/aromatic N) is 3. The molecule has 66 heavy (non-hydrogen) atoms. The normalized spacial score (nSPS) is 13.2. The third-order valence-electron chi connectivity index (χ3n) is 14.7. The highest BCUT2D eigenvalue weighted by atomic mass is 32.1. The van der Waals surface area contributed by atoms with Gasteiger partial charge in [-0.1, -0.05) is 147 Å². The van der Waals surface area contributed by atoms with Gasteiger partial charge < -0.3 is 14.0 Å². The molecule has 3 heterocycles. The second-order valence-corrected chi connectivity index (χ2v) is 19.6. The zero-order valence-electron chi connectivity index (χ0n) is 36.9. The molecule has 1 aliphatic rings. The molecule has 10 aromatic carbocycles. The smallest absolute Gasteiger partial charge is 0.0555 e. The summed E-state index contributed by atoms with van der Waals surface area (Å²) in [6.45, 7) is 4.86. The Morgan fingerprint density at radius 2 is 1.09 bits per heavy atom. The molecular formula is C62H43N3S. The van der Waals surface area contributed by atoms with Gasteiger partial charge in [-0.05, 0) is 112 Å². The molecular weight excluding hydrogens is 819 g/mol. The van der Waals surface area contributed by atoms with Crippen LogP contribution in [0.3, 0.4) is 0 Å². The molecule has 14 rings (SSSR count). The van der Waals surface area contributed by atoms with Crippen molar-refractivity contribution in [2.45, 2.75) is 19.3 Å². The monoisotopic (exact) mass is 861 g/mol. The van der Waals surface area contributed by atoms with Gasteiger partial charge in [-0.15, -0.1) is 11.3 Å². The van der Waals surface area contributed by atoms with Crippen molar-refractivity contribution in [2.75, 3.05) is 4.90 Å². The van der Waals surface area contributed by atoms with E-state index in [1.807, 2.05) is 11.3 Å². The van der Waals surface area contributed by atoms with Gasteiger partial charge in [0.25, 0.3) is 0 Å². The van der Waals surface area contributed by atoms with Crippen molar-refractivity contribution >= 4 is 103 Å². The van der Waals surface area contributed by atoms with E-state index in [2.05, 4.69) is 241 Å². The average molecular weight is 862 g/mol. The number of fused-ring (bicyclic) bond motifs is 14. The molecule has 0 saturated carbocycles. The number of thiophene rings is 1. The molecule has 4 heteroatoms. The van der Waals surface area contributed by atoms with Crippen molar-refractivity contribution in [2.24, 2.45) is 7.05 Å². The summed E-state index contributed by atoms with van der Waals surface area (Å²) in [6, 6.07) is 76.9. The van der Waals surface area contributed by atoms with Gasteiger partial charge in [0.05, 0.1) is 27.9 Å². The van der Waals surface area contributed by atoms with Crippen LogP contribution in [-0.2, 0) is 12.5 Å². The van der Waals surface area contributed by atoms with Crippen molar-refractivity contribution in [3.8, 4) is 27.9 Å². The van der Waals surface area contributed by atoms with Crippen LogP contribution < -0.4 is 4.90 Å². The average Bonchev–Trinajstić information content (AvgIpc) is 4.07. The Balaban J connectivity index is 1.01. The van der Waals surface area contributed by atoms with E-state index in [1.165, 1.54) is 125 Å². The first-order valence-electron chi connectivity index (χ1n) is 22.9. The second-order valence-electron chi connectivity index (χ2n) is 18.5. The summed E-state index contributed by atoms with van der Waals surface area (Å²) in [6.07, 6.45) is 0. The predicted molar refractivity (Wildman–Crippen MR) is 283 cm³/mol. The van der Waals surface area contributed by atoms with Crippen molar-refractivity contribution in [3.63, 3.8) is 0 Å². The van der Waals surface area contributed by atoms with Gasteiger partial charge in [0, 0.05) is 76.5 Å². The molecule has 0 amide bonds. The largest absolute Gasteiger partial charge is 0.344 e. The first kappa shape index (κ1) is 37.5. The molecule has 312 valence electrons. The van der Waals surface area contributed by atoms with Gasteiger partial charge in [0.1, 0.15) is 0 Å². The maximum absolute atomic E-state index is 2.56. The quantitative estimate of drug-likeness (QED) is 0.168. The molecule has 3 nitrogen and oxygen atoms in total. The van der Waals surface area contributed by atoms with Gasteiger partial charge >= 0.3 is 0 Å². The fourth-order valence-electron chi connectivity index (χ4n) is 11.7. The number of para-hydroxylation sites is 3. The zero-order valence-corrected chi connectivity index (χ0v) is 37.7. The Morgan fingerprint density at radius 1 is 0.424 bits per heavy atom. The van der Waals surface area contributed by atoms with Gasteiger partial charge in [-0.2, -0.15) is 0 Å². The summed E-state index contributed by atoms with van der Waals surface area (Å²) in [4.78, 5) is 2.56.